The Kier molecular flexibility index (Phi) is 7.14. The third-order valence-electron chi connectivity index (χ3n) is 5.75. The third kappa shape index (κ3) is 4.63. The van der Waals surface area contributed by atoms with E-state index in [1.54, 1.807) is 6.92 Å². The number of hydrogen-bond donors (Lipinski definition) is 0. The number of para-hydroxylation sites is 2. The average Bonchev–Trinajstić information content (AvgIpc) is 3.16. The number of rotatable bonds is 10. The Bertz CT molecular complexity index is 733. The van der Waals surface area contributed by atoms with E-state index in [1.807, 2.05) is 17.0 Å². The lowest BCUT2D eigenvalue weighted by atomic mass is 9.98. The highest BCUT2D eigenvalue weighted by Gasteiger charge is 2.32. The molecule has 1 aliphatic heterocycles. The minimum Gasteiger partial charge on any atom is -0.317 e. The molecule has 0 N–H and O–H groups in total. The molecule has 3 nitrogen and oxygen atoms in total. The Hall–Kier alpha value is -2.03. The first-order chi connectivity index (χ1) is 13.2. The van der Waals surface area contributed by atoms with E-state index in [0.29, 0.717) is 0 Å². The highest BCUT2D eigenvalue weighted by Crippen LogP contribution is 2.41. The number of amides is 1. The number of nitrogens with zero attached hydrogens (tertiary/aromatic N) is 2. The molecule has 3 rings (SSSR count). The van der Waals surface area contributed by atoms with Crippen LogP contribution in [0.2, 0.25) is 0 Å². The molecule has 0 aliphatic carbocycles. The summed E-state index contributed by atoms with van der Waals surface area (Å²) in [7, 11) is 0. The van der Waals surface area contributed by atoms with Gasteiger partial charge in [0.05, 0.1) is 17.4 Å². The zero-order valence-corrected chi connectivity index (χ0v) is 17.0. The SMILES string of the molecule is CCCCCCCCCCCC1c2cccn2-c2ccccc2N1C(C)=O. The van der Waals surface area contributed by atoms with E-state index in [0.717, 1.165) is 17.8 Å². The molecule has 1 aromatic heterocycles. The summed E-state index contributed by atoms with van der Waals surface area (Å²) < 4.78 is 2.26. The van der Waals surface area contributed by atoms with Crippen molar-refractivity contribution in [2.24, 2.45) is 0 Å². The van der Waals surface area contributed by atoms with E-state index < -0.39 is 0 Å². The monoisotopic (exact) mass is 366 g/mol. The van der Waals surface area contributed by atoms with Crippen LogP contribution >= 0.6 is 0 Å². The number of aromatic nitrogens is 1. The topological polar surface area (TPSA) is 25.2 Å². The Morgan fingerprint density at radius 1 is 0.852 bits per heavy atom. The van der Waals surface area contributed by atoms with E-state index in [4.69, 9.17) is 0 Å². The van der Waals surface area contributed by atoms with Crippen molar-refractivity contribution in [1.29, 1.82) is 0 Å². The van der Waals surface area contributed by atoms with Crippen LogP contribution < -0.4 is 4.90 Å². The Labute approximate surface area is 164 Å². The van der Waals surface area contributed by atoms with Gasteiger partial charge in [0.1, 0.15) is 0 Å². The molecule has 0 fully saturated rings. The normalized spacial score (nSPS) is 15.5. The third-order valence-corrected chi connectivity index (χ3v) is 5.75. The number of benzene rings is 1. The second kappa shape index (κ2) is 9.77. The zero-order valence-electron chi connectivity index (χ0n) is 17.0. The van der Waals surface area contributed by atoms with Gasteiger partial charge in [-0.15, -0.1) is 0 Å². The van der Waals surface area contributed by atoms with Crippen molar-refractivity contribution < 1.29 is 4.79 Å². The van der Waals surface area contributed by atoms with Gasteiger partial charge in [-0.05, 0) is 30.7 Å². The van der Waals surface area contributed by atoms with Crippen molar-refractivity contribution in [3.63, 3.8) is 0 Å². The fraction of sp³-hybridized carbons (Fsp3) is 0.542. The molecule has 2 heterocycles. The van der Waals surface area contributed by atoms with Crippen LogP contribution in [0.3, 0.4) is 0 Å². The number of fused-ring (bicyclic) bond motifs is 3. The molecule has 1 atom stereocenters. The van der Waals surface area contributed by atoms with E-state index >= 15 is 0 Å². The molecule has 146 valence electrons. The summed E-state index contributed by atoms with van der Waals surface area (Å²) in [6, 6.07) is 12.7. The molecule has 0 saturated heterocycles. The lowest BCUT2D eigenvalue weighted by molar-refractivity contribution is -0.117. The predicted octanol–water partition coefficient (Wildman–Crippen LogP) is 6.81. The van der Waals surface area contributed by atoms with Gasteiger partial charge in [-0.1, -0.05) is 76.8 Å². The molecule has 27 heavy (non-hydrogen) atoms. The summed E-state index contributed by atoms with van der Waals surface area (Å²) in [6.07, 6.45) is 15.1. The van der Waals surface area contributed by atoms with E-state index in [1.165, 1.54) is 63.5 Å². The average molecular weight is 367 g/mol. The van der Waals surface area contributed by atoms with Gasteiger partial charge in [0.25, 0.3) is 0 Å². The smallest absolute Gasteiger partial charge is 0.224 e. The highest BCUT2D eigenvalue weighted by atomic mass is 16.2. The molecule has 3 heteroatoms. The maximum absolute atomic E-state index is 12.5. The van der Waals surface area contributed by atoms with E-state index in [-0.39, 0.29) is 11.9 Å². The molecule has 1 amide bonds. The largest absolute Gasteiger partial charge is 0.317 e. The van der Waals surface area contributed by atoms with Gasteiger partial charge in [0.2, 0.25) is 5.91 Å². The maximum Gasteiger partial charge on any atom is 0.224 e. The summed E-state index contributed by atoms with van der Waals surface area (Å²) in [6.45, 7) is 3.96. The fourth-order valence-corrected chi connectivity index (χ4v) is 4.37. The first kappa shape index (κ1) is 19.7. The maximum atomic E-state index is 12.5. The van der Waals surface area contributed by atoms with Crippen molar-refractivity contribution in [2.75, 3.05) is 4.90 Å². The van der Waals surface area contributed by atoms with Gasteiger partial charge < -0.3 is 9.47 Å². The number of carbonyl (C=O) groups excluding carboxylic acids is 1. The van der Waals surface area contributed by atoms with Gasteiger partial charge in [-0.3, -0.25) is 4.79 Å². The zero-order chi connectivity index (χ0) is 19.1. The summed E-state index contributed by atoms with van der Waals surface area (Å²) in [5.41, 5.74) is 3.38. The van der Waals surface area contributed by atoms with Crippen molar-refractivity contribution in [2.45, 2.75) is 84.1 Å². The second-order valence-corrected chi connectivity index (χ2v) is 7.81. The molecule has 1 aliphatic rings. The van der Waals surface area contributed by atoms with Crippen molar-refractivity contribution in [3.05, 3.63) is 48.3 Å². The lowest BCUT2D eigenvalue weighted by Crippen LogP contribution is -2.37. The fourth-order valence-electron chi connectivity index (χ4n) is 4.37. The summed E-state index contributed by atoms with van der Waals surface area (Å²) >= 11 is 0. The molecule has 0 spiro atoms. The Balaban J connectivity index is 1.58. The lowest BCUT2D eigenvalue weighted by Gasteiger charge is -2.38. The summed E-state index contributed by atoms with van der Waals surface area (Å²) in [5.74, 6) is 0.135. The van der Waals surface area contributed by atoms with Crippen LogP contribution in [-0.2, 0) is 4.79 Å². The minimum absolute atomic E-state index is 0.135. The Morgan fingerprint density at radius 3 is 2.15 bits per heavy atom. The molecule has 0 bridgehead atoms. The van der Waals surface area contributed by atoms with Gasteiger partial charge in [0, 0.05) is 18.8 Å². The minimum atomic E-state index is 0.135. The Morgan fingerprint density at radius 2 is 1.48 bits per heavy atom. The second-order valence-electron chi connectivity index (χ2n) is 7.81. The van der Waals surface area contributed by atoms with E-state index in [9.17, 15) is 4.79 Å². The molecular formula is C24H34N2O. The predicted molar refractivity (Wildman–Crippen MR) is 114 cm³/mol. The molecule has 0 saturated carbocycles. The molecule has 1 unspecified atom stereocenters. The van der Waals surface area contributed by atoms with Crippen LogP contribution in [0, 0.1) is 0 Å². The van der Waals surface area contributed by atoms with Gasteiger partial charge in [0.15, 0.2) is 0 Å². The first-order valence-electron chi connectivity index (χ1n) is 10.8. The number of hydrogen-bond acceptors (Lipinski definition) is 1. The van der Waals surface area contributed by atoms with Crippen LogP contribution in [-0.4, -0.2) is 10.5 Å². The number of carbonyl (C=O) groups is 1. The summed E-state index contributed by atoms with van der Waals surface area (Å²) in [5, 5.41) is 0. The van der Waals surface area contributed by atoms with Gasteiger partial charge in [-0.2, -0.15) is 0 Å². The van der Waals surface area contributed by atoms with Gasteiger partial charge in [-0.25, -0.2) is 0 Å². The number of anilines is 1. The molecule has 2 aromatic rings. The van der Waals surface area contributed by atoms with Gasteiger partial charge >= 0.3 is 0 Å². The van der Waals surface area contributed by atoms with Crippen molar-refractivity contribution in [3.8, 4) is 5.69 Å². The molecule has 0 radical (unpaired) electrons. The number of unbranched alkanes of at least 4 members (excludes halogenated alkanes) is 8. The highest BCUT2D eigenvalue weighted by molar-refractivity contribution is 5.95. The van der Waals surface area contributed by atoms with Crippen LogP contribution in [0.4, 0.5) is 5.69 Å². The van der Waals surface area contributed by atoms with Crippen LogP contribution in [0.15, 0.2) is 42.6 Å². The van der Waals surface area contributed by atoms with Crippen LogP contribution in [0.1, 0.15) is 89.8 Å². The molecular weight excluding hydrogens is 332 g/mol. The first-order valence-corrected chi connectivity index (χ1v) is 10.8. The standard InChI is InChI=1S/C24H34N2O/c1-3-4-5-6-7-8-9-10-11-16-23-22-18-14-19-25(22)21-15-12-13-17-24(21)26(23)20(2)27/h12-15,17-19,23H,3-11,16H2,1-2H3. The van der Waals surface area contributed by atoms with Crippen molar-refractivity contribution >= 4 is 11.6 Å². The summed E-state index contributed by atoms with van der Waals surface area (Å²) in [4.78, 5) is 14.5. The molecule has 1 aromatic carbocycles. The quantitative estimate of drug-likeness (QED) is 0.424. The van der Waals surface area contributed by atoms with Crippen LogP contribution in [0.25, 0.3) is 5.69 Å². The van der Waals surface area contributed by atoms with Crippen molar-refractivity contribution in [1.82, 2.24) is 4.57 Å². The van der Waals surface area contributed by atoms with Crippen LogP contribution in [0.5, 0.6) is 0 Å². The van der Waals surface area contributed by atoms with E-state index in [2.05, 4.69) is 42.0 Å².